The first-order chi connectivity index (χ1) is 9.24. The second kappa shape index (κ2) is 5.64. The molecule has 0 aromatic carbocycles. The molecule has 0 fully saturated rings. The topological polar surface area (TPSA) is 33.2 Å². The van der Waals surface area contributed by atoms with E-state index in [9.17, 15) is 4.79 Å². The van der Waals surface area contributed by atoms with E-state index >= 15 is 0 Å². The van der Waals surface area contributed by atoms with Crippen molar-refractivity contribution in [2.75, 3.05) is 6.54 Å². The lowest BCUT2D eigenvalue weighted by Gasteiger charge is -2.29. The lowest BCUT2D eigenvalue weighted by atomic mass is 10.1. The van der Waals surface area contributed by atoms with Crippen LogP contribution in [0.4, 0.5) is 0 Å². The van der Waals surface area contributed by atoms with Crippen molar-refractivity contribution >= 4 is 40.3 Å². The summed E-state index contributed by atoms with van der Waals surface area (Å²) in [7, 11) is 0. The minimum atomic E-state index is -0.0636. The van der Waals surface area contributed by atoms with E-state index in [-0.39, 0.29) is 11.2 Å². The molecular weight excluding hydrogens is 296 g/mol. The lowest BCUT2D eigenvalue weighted by Crippen LogP contribution is -2.39. The number of amides is 1. The van der Waals surface area contributed by atoms with Gasteiger partial charge in [-0.05, 0) is 30.4 Å². The molecule has 3 heterocycles. The van der Waals surface area contributed by atoms with Crippen LogP contribution in [0.5, 0.6) is 0 Å². The van der Waals surface area contributed by atoms with Crippen LogP contribution in [-0.4, -0.2) is 27.6 Å². The van der Waals surface area contributed by atoms with Gasteiger partial charge in [0.2, 0.25) is 5.91 Å². The van der Waals surface area contributed by atoms with Crippen LogP contribution in [0.1, 0.15) is 17.4 Å². The maximum Gasteiger partial charge on any atom is 0.236 e. The zero-order valence-corrected chi connectivity index (χ0v) is 13.0. The number of nitrogens with zero attached hydrogens (tertiary/aromatic N) is 2. The van der Waals surface area contributed by atoms with Crippen LogP contribution in [0.2, 0.25) is 0 Å². The standard InChI is InChI=1S/C13H14N2OS3/c1-9(19-13-14-4-7-18-13)12(16)15-5-2-11-10(8-15)3-6-17-11/h3-4,6-7,9H,2,5,8H2,1H3/t9-/m1/s1. The number of rotatable bonds is 3. The minimum Gasteiger partial charge on any atom is -0.337 e. The summed E-state index contributed by atoms with van der Waals surface area (Å²) in [5.41, 5.74) is 1.32. The highest BCUT2D eigenvalue weighted by Crippen LogP contribution is 2.29. The van der Waals surface area contributed by atoms with E-state index in [4.69, 9.17) is 0 Å². The largest absolute Gasteiger partial charge is 0.337 e. The molecule has 0 spiro atoms. The molecule has 0 unspecified atom stereocenters. The summed E-state index contributed by atoms with van der Waals surface area (Å²) < 4.78 is 0.967. The van der Waals surface area contributed by atoms with E-state index in [1.54, 1.807) is 40.6 Å². The van der Waals surface area contributed by atoms with Gasteiger partial charge in [0, 0.05) is 29.5 Å². The van der Waals surface area contributed by atoms with Crippen LogP contribution < -0.4 is 0 Å². The van der Waals surface area contributed by atoms with E-state index in [0.29, 0.717) is 0 Å². The number of thioether (sulfide) groups is 1. The maximum absolute atomic E-state index is 12.4. The fraction of sp³-hybridized carbons (Fsp3) is 0.385. The summed E-state index contributed by atoms with van der Waals surface area (Å²) in [4.78, 5) is 20.1. The Bertz CT molecular complexity index is 564. The molecular formula is C13H14N2OS3. The minimum absolute atomic E-state index is 0.0636. The molecule has 3 rings (SSSR count). The number of thiophene rings is 1. The van der Waals surface area contributed by atoms with Gasteiger partial charge in [-0.15, -0.1) is 22.7 Å². The summed E-state index contributed by atoms with van der Waals surface area (Å²) in [5, 5.41) is 4.00. The highest BCUT2D eigenvalue weighted by atomic mass is 32.2. The zero-order chi connectivity index (χ0) is 13.2. The van der Waals surface area contributed by atoms with Crippen molar-refractivity contribution in [3.8, 4) is 0 Å². The first kappa shape index (κ1) is 13.1. The highest BCUT2D eigenvalue weighted by Gasteiger charge is 2.26. The second-order valence-electron chi connectivity index (χ2n) is 4.44. The quantitative estimate of drug-likeness (QED) is 0.816. The van der Waals surface area contributed by atoms with Crippen molar-refractivity contribution in [2.24, 2.45) is 0 Å². The molecule has 100 valence electrons. The van der Waals surface area contributed by atoms with Crippen LogP contribution in [0, 0.1) is 0 Å². The average molecular weight is 310 g/mol. The van der Waals surface area contributed by atoms with Crippen LogP contribution in [0.3, 0.4) is 0 Å². The van der Waals surface area contributed by atoms with Crippen molar-refractivity contribution in [3.63, 3.8) is 0 Å². The molecule has 6 heteroatoms. The van der Waals surface area contributed by atoms with Gasteiger partial charge >= 0.3 is 0 Å². The van der Waals surface area contributed by atoms with Gasteiger partial charge in [0.05, 0.1) is 5.25 Å². The third-order valence-corrected chi connectivity index (χ3v) is 6.18. The molecule has 0 saturated carbocycles. The fourth-order valence-corrected chi connectivity index (χ4v) is 4.91. The summed E-state index contributed by atoms with van der Waals surface area (Å²) in [6.07, 6.45) is 2.77. The first-order valence-corrected chi connectivity index (χ1v) is 8.78. The van der Waals surface area contributed by atoms with Crippen LogP contribution in [-0.2, 0) is 17.8 Å². The maximum atomic E-state index is 12.4. The summed E-state index contributed by atoms with van der Waals surface area (Å²) in [6.45, 7) is 3.58. The molecule has 3 nitrogen and oxygen atoms in total. The molecule has 1 amide bonds. The first-order valence-electron chi connectivity index (χ1n) is 6.14. The Morgan fingerprint density at radius 2 is 2.37 bits per heavy atom. The number of carbonyl (C=O) groups is 1. The fourth-order valence-electron chi connectivity index (χ4n) is 2.16. The van der Waals surface area contributed by atoms with Gasteiger partial charge in [-0.2, -0.15) is 0 Å². The molecule has 2 aromatic rings. The normalized spacial score (nSPS) is 16.2. The Kier molecular flexibility index (Phi) is 3.91. The van der Waals surface area contributed by atoms with Gasteiger partial charge in [0.1, 0.15) is 0 Å². The molecule has 0 bridgehead atoms. The van der Waals surface area contributed by atoms with Crippen LogP contribution >= 0.6 is 34.4 Å². The van der Waals surface area contributed by atoms with E-state index in [2.05, 4.69) is 16.4 Å². The van der Waals surface area contributed by atoms with E-state index in [1.165, 1.54) is 10.4 Å². The predicted molar refractivity (Wildman–Crippen MR) is 80.9 cm³/mol. The van der Waals surface area contributed by atoms with Crippen molar-refractivity contribution in [3.05, 3.63) is 33.5 Å². The van der Waals surface area contributed by atoms with Crippen molar-refractivity contribution in [1.29, 1.82) is 0 Å². The smallest absolute Gasteiger partial charge is 0.236 e. The van der Waals surface area contributed by atoms with Gasteiger partial charge in [-0.3, -0.25) is 4.79 Å². The Labute approximate surface area is 124 Å². The number of hydrogen-bond acceptors (Lipinski definition) is 5. The van der Waals surface area contributed by atoms with Crippen molar-refractivity contribution in [1.82, 2.24) is 9.88 Å². The third-order valence-electron chi connectivity index (χ3n) is 3.15. The molecule has 0 N–H and O–H groups in total. The Hall–Kier alpha value is -0.850. The van der Waals surface area contributed by atoms with Crippen LogP contribution in [0.15, 0.2) is 27.4 Å². The van der Waals surface area contributed by atoms with Gasteiger partial charge in [0.15, 0.2) is 4.34 Å². The summed E-state index contributed by atoms with van der Waals surface area (Å²) in [6, 6.07) is 2.14. The van der Waals surface area contributed by atoms with Gasteiger partial charge in [0.25, 0.3) is 0 Å². The number of carbonyl (C=O) groups excluding carboxylic acids is 1. The van der Waals surface area contributed by atoms with Gasteiger partial charge < -0.3 is 4.90 Å². The van der Waals surface area contributed by atoms with Crippen molar-refractivity contribution in [2.45, 2.75) is 29.5 Å². The second-order valence-corrected chi connectivity index (χ2v) is 7.92. The molecule has 0 saturated heterocycles. The average Bonchev–Trinajstić information content (AvgIpc) is 3.07. The number of fused-ring (bicyclic) bond motifs is 1. The summed E-state index contributed by atoms with van der Waals surface area (Å²) in [5.74, 6) is 0.219. The Morgan fingerprint density at radius 3 is 3.16 bits per heavy atom. The molecule has 1 aliphatic heterocycles. The van der Waals surface area contributed by atoms with E-state index < -0.39 is 0 Å². The van der Waals surface area contributed by atoms with Crippen LogP contribution in [0.25, 0.3) is 0 Å². The van der Waals surface area contributed by atoms with Crippen molar-refractivity contribution < 1.29 is 4.79 Å². The Balaban J connectivity index is 1.65. The zero-order valence-electron chi connectivity index (χ0n) is 10.5. The highest BCUT2D eigenvalue weighted by molar-refractivity contribution is 8.02. The predicted octanol–water partition coefficient (Wildman–Crippen LogP) is 3.27. The molecule has 2 aromatic heterocycles. The Morgan fingerprint density at radius 1 is 1.47 bits per heavy atom. The molecule has 0 aliphatic carbocycles. The molecule has 19 heavy (non-hydrogen) atoms. The molecule has 1 atom stereocenters. The SMILES string of the molecule is C[C@@H](Sc1nccs1)C(=O)N1CCc2sccc2C1. The van der Waals surface area contributed by atoms with Gasteiger partial charge in [-0.1, -0.05) is 11.8 Å². The number of thiazole rings is 1. The van der Waals surface area contributed by atoms with Gasteiger partial charge in [-0.25, -0.2) is 4.98 Å². The number of aromatic nitrogens is 1. The third kappa shape index (κ3) is 2.85. The monoisotopic (exact) mass is 310 g/mol. The summed E-state index contributed by atoms with van der Waals surface area (Å²) >= 11 is 4.94. The number of hydrogen-bond donors (Lipinski definition) is 0. The van der Waals surface area contributed by atoms with E-state index in [1.807, 2.05) is 17.2 Å². The molecule has 1 aliphatic rings. The molecule has 0 radical (unpaired) electrons. The lowest BCUT2D eigenvalue weighted by molar-refractivity contribution is -0.131. The van der Waals surface area contributed by atoms with E-state index in [0.717, 1.165) is 23.8 Å².